The van der Waals surface area contributed by atoms with Crippen LogP contribution in [0.15, 0.2) is 66.7 Å². The van der Waals surface area contributed by atoms with Crippen molar-refractivity contribution >= 4 is 23.3 Å². The molecular formula is C21H17ClFN3O. The van der Waals surface area contributed by atoms with Crippen molar-refractivity contribution in [2.75, 3.05) is 0 Å². The molecule has 1 amide bonds. The van der Waals surface area contributed by atoms with E-state index in [4.69, 9.17) is 22.7 Å². The van der Waals surface area contributed by atoms with Crippen LogP contribution in [0.25, 0.3) is 11.1 Å². The van der Waals surface area contributed by atoms with E-state index in [1.807, 2.05) is 0 Å². The van der Waals surface area contributed by atoms with Crippen molar-refractivity contribution in [3.63, 3.8) is 0 Å². The second-order valence-corrected chi connectivity index (χ2v) is 6.43. The molecule has 0 radical (unpaired) electrons. The summed E-state index contributed by atoms with van der Waals surface area (Å²) >= 11 is 5.91. The molecule has 0 saturated heterocycles. The van der Waals surface area contributed by atoms with Gasteiger partial charge in [-0.2, -0.15) is 0 Å². The number of amidine groups is 1. The summed E-state index contributed by atoms with van der Waals surface area (Å²) in [6.07, 6.45) is 0. The van der Waals surface area contributed by atoms with Crippen molar-refractivity contribution in [2.24, 2.45) is 5.73 Å². The van der Waals surface area contributed by atoms with Gasteiger partial charge in [0.05, 0.1) is 0 Å². The third-order valence-electron chi connectivity index (χ3n) is 4.10. The van der Waals surface area contributed by atoms with E-state index < -0.39 is 5.82 Å². The predicted molar refractivity (Wildman–Crippen MR) is 105 cm³/mol. The number of carbonyl (C=O) groups excluding carboxylic acids is 1. The second kappa shape index (κ2) is 8.01. The van der Waals surface area contributed by atoms with Crippen molar-refractivity contribution in [2.45, 2.75) is 6.54 Å². The maximum atomic E-state index is 13.7. The molecule has 0 aromatic heterocycles. The number of benzene rings is 3. The van der Waals surface area contributed by atoms with Gasteiger partial charge in [0.15, 0.2) is 0 Å². The molecule has 0 heterocycles. The fraction of sp³-hybridized carbons (Fsp3) is 0.0476. The zero-order valence-electron chi connectivity index (χ0n) is 14.3. The Morgan fingerprint density at radius 2 is 1.70 bits per heavy atom. The molecule has 0 spiro atoms. The molecule has 0 unspecified atom stereocenters. The first-order valence-electron chi connectivity index (χ1n) is 8.21. The Bertz CT molecular complexity index is 985. The lowest BCUT2D eigenvalue weighted by Crippen LogP contribution is -2.23. The number of nitrogens with two attached hydrogens (primary N) is 1. The number of amides is 1. The van der Waals surface area contributed by atoms with E-state index in [2.05, 4.69) is 5.32 Å². The first-order chi connectivity index (χ1) is 12.9. The van der Waals surface area contributed by atoms with Gasteiger partial charge in [-0.1, -0.05) is 48.0 Å². The minimum Gasteiger partial charge on any atom is -0.384 e. The molecule has 0 saturated carbocycles. The van der Waals surface area contributed by atoms with E-state index in [0.29, 0.717) is 33.8 Å². The fourth-order valence-electron chi connectivity index (χ4n) is 2.66. The van der Waals surface area contributed by atoms with Crippen LogP contribution >= 0.6 is 11.6 Å². The Morgan fingerprint density at radius 1 is 1.04 bits per heavy atom. The third kappa shape index (κ3) is 4.51. The highest BCUT2D eigenvalue weighted by molar-refractivity contribution is 6.30. The monoisotopic (exact) mass is 381 g/mol. The Kier molecular flexibility index (Phi) is 5.52. The number of rotatable bonds is 5. The Labute approximate surface area is 161 Å². The lowest BCUT2D eigenvalue weighted by atomic mass is 9.99. The van der Waals surface area contributed by atoms with E-state index >= 15 is 0 Å². The second-order valence-electron chi connectivity index (χ2n) is 5.99. The smallest absolute Gasteiger partial charge is 0.252 e. The van der Waals surface area contributed by atoms with E-state index in [0.717, 1.165) is 5.56 Å². The van der Waals surface area contributed by atoms with Gasteiger partial charge in [-0.25, -0.2) is 4.39 Å². The van der Waals surface area contributed by atoms with Crippen LogP contribution in [-0.2, 0) is 6.54 Å². The zero-order valence-corrected chi connectivity index (χ0v) is 15.1. The van der Waals surface area contributed by atoms with Crippen LogP contribution in [0.5, 0.6) is 0 Å². The molecule has 0 aliphatic rings. The molecule has 3 rings (SSSR count). The minimum absolute atomic E-state index is 0.00972. The van der Waals surface area contributed by atoms with Gasteiger partial charge in [-0.05, 0) is 47.0 Å². The van der Waals surface area contributed by atoms with Crippen LogP contribution in [0, 0.1) is 11.2 Å². The first-order valence-corrected chi connectivity index (χ1v) is 8.59. The van der Waals surface area contributed by atoms with Crippen molar-refractivity contribution in [1.29, 1.82) is 5.41 Å². The number of hydrogen-bond donors (Lipinski definition) is 3. The summed E-state index contributed by atoms with van der Waals surface area (Å²) in [5, 5.41) is 10.8. The quantitative estimate of drug-likeness (QED) is 0.453. The number of hydrogen-bond acceptors (Lipinski definition) is 2. The van der Waals surface area contributed by atoms with Gasteiger partial charge in [0.2, 0.25) is 0 Å². The molecule has 3 aromatic carbocycles. The summed E-state index contributed by atoms with van der Waals surface area (Å²) in [7, 11) is 0. The normalized spacial score (nSPS) is 10.4. The molecular weight excluding hydrogens is 365 g/mol. The first kappa shape index (κ1) is 18.6. The molecule has 6 heteroatoms. The van der Waals surface area contributed by atoms with Crippen LogP contribution < -0.4 is 11.1 Å². The van der Waals surface area contributed by atoms with E-state index in [-0.39, 0.29) is 11.7 Å². The van der Waals surface area contributed by atoms with Gasteiger partial charge in [-0.15, -0.1) is 0 Å². The molecule has 4 nitrogen and oxygen atoms in total. The highest BCUT2D eigenvalue weighted by Gasteiger charge is 2.14. The topological polar surface area (TPSA) is 79.0 Å². The zero-order chi connectivity index (χ0) is 19.4. The molecule has 27 heavy (non-hydrogen) atoms. The summed E-state index contributed by atoms with van der Waals surface area (Å²) in [5.74, 6) is -0.739. The highest BCUT2D eigenvalue weighted by atomic mass is 35.5. The van der Waals surface area contributed by atoms with Gasteiger partial charge >= 0.3 is 0 Å². The van der Waals surface area contributed by atoms with Crippen molar-refractivity contribution in [1.82, 2.24) is 5.32 Å². The van der Waals surface area contributed by atoms with Gasteiger partial charge in [0, 0.05) is 22.7 Å². The molecule has 0 atom stereocenters. The van der Waals surface area contributed by atoms with Crippen LogP contribution in [0.2, 0.25) is 5.02 Å². The fourth-order valence-corrected chi connectivity index (χ4v) is 2.79. The van der Waals surface area contributed by atoms with E-state index in [1.54, 1.807) is 48.5 Å². The number of nitrogen functional groups attached to an aromatic ring is 1. The molecule has 0 aliphatic heterocycles. The summed E-state index contributed by atoms with van der Waals surface area (Å²) in [5.41, 5.74) is 8.49. The lowest BCUT2D eigenvalue weighted by Gasteiger charge is -2.11. The van der Waals surface area contributed by atoms with Crippen LogP contribution in [0.4, 0.5) is 4.39 Å². The predicted octanol–water partition coefficient (Wildman–Crippen LogP) is 4.36. The minimum atomic E-state index is -0.420. The molecule has 0 fully saturated rings. The Hall–Kier alpha value is -3.18. The maximum Gasteiger partial charge on any atom is 0.252 e. The summed E-state index contributed by atoms with van der Waals surface area (Å²) in [6, 6.07) is 18.0. The van der Waals surface area contributed by atoms with Crippen molar-refractivity contribution in [3.8, 4) is 11.1 Å². The standard InChI is InChI=1S/C21H17ClFN3O/c22-16-7-5-14(6-8-16)19-11-17(23)9-10-18(19)21(27)26-12-13-1-3-15(4-2-13)20(24)25/h1-11H,12H2,(H3,24,25)(H,26,27). The lowest BCUT2D eigenvalue weighted by molar-refractivity contribution is 0.0951. The number of nitrogens with one attached hydrogen (secondary N) is 2. The average Bonchev–Trinajstić information content (AvgIpc) is 2.67. The highest BCUT2D eigenvalue weighted by Crippen LogP contribution is 2.26. The van der Waals surface area contributed by atoms with Crippen molar-refractivity contribution in [3.05, 3.63) is 94.3 Å². The van der Waals surface area contributed by atoms with Gasteiger partial charge in [-0.3, -0.25) is 10.2 Å². The van der Waals surface area contributed by atoms with Gasteiger partial charge in [0.1, 0.15) is 11.7 Å². The van der Waals surface area contributed by atoms with E-state index in [9.17, 15) is 9.18 Å². The van der Waals surface area contributed by atoms with Crippen molar-refractivity contribution < 1.29 is 9.18 Å². The summed E-state index contributed by atoms with van der Waals surface area (Å²) < 4.78 is 13.7. The SMILES string of the molecule is N=C(N)c1ccc(CNC(=O)c2ccc(F)cc2-c2ccc(Cl)cc2)cc1. The third-order valence-corrected chi connectivity index (χ3v) is 4.35. The van der Waals surface area contributed by atoms with E-state index in [1.165, 1.54) is 18.2 Å². The number of carbonyl (C=O) groups is 1. The van der Waals surface area contributed by atoms with Crippen LogP contribution in [-0.4, -0.2) is 11.7 Å². The van der Waals surface area contributed by atoms with Crippen LogP contribution in [0.3, 0.4) is 0 Å². The molecule has 3 aromatic rings. The summed E-state index contributed by atoms with van der Waals surface area (Å²) in [6.45, 7) is 0.300. The Balaban J connectivity index is 1.80. The Morgan fingerprint density at radius 3 is 2.33 bits per heavy atom. The average molecular weight is 382 g/mol. The van der Waals surface area contributed by atoms with Gasteiger partial charge < -0.3 is 11.1 Å². The van der Waals surface area contributed by atoms with Gasteiger partial charge in [0.25, 0.3) is 5.91 Å². The molecule has 4 N–H and O–H groups in total. The molecule has 0 aliphatic carbocycles. The maximum absolute atomic E-state index is 13.7. The number of halogens is 2. The largest absolute Gasteiger partial charge is 0.384 e. The molecule has 136 valence electrons. The summed E-state index contributed by atoms with van der Waals surface area (Å²) in [4.78, 5) is 12.7. The van der Waals surface area contributed by atoms with Crippen LogP contribution in [0.1, 0.15) is 21.5 Å². The molecule has 0 bridgehead atoms.